The third-order valence-electron chi connectivity index (χ3n) is 2.39. The Kier molecular flexibility index (Phi) is 5.50. The molecule has 2 rings (SSSR count). The first-order chi connectivity index (χ1) is 10.1. The van der Waals surface area contributed by atoms with Gasteiger partial charge in [-0.3, -0.25) is 0 Å². The van der Waals surface area contributed by atoms with E-state index in [2.05, 4.69) is 19.8 Å². The fourth-order valence-corrected chi connectivity index (χ4v) is 1.95. The fraction of sp³-hybridized carbons (Fsp3) is 0.182. The molecule has 0 amide bonds. The Balaban J connectivity index is 2.59. The highest BCUT2D eigenvalue weighted by molar-refractivity contribution is 6.67. The lowest BCUT2D eigenvalue weighted by Crippen LogP contribution is -2.16. The molecule has 0 spiro atoms. The minimum Gasteiger partial charge on any atom is -0.412 e. The molecule has 11 heteroatoms. The molecule has 0 unspecified atom stereocenters. The fourth-order valence-electron chi connectivity index (χ4n) is 1.44. The van der Waals surface area contributed by atoms with Crippen LogP contribution in [0.15, 0.2) is 24.3 Å². The van der Waals surface area contributed by atoms with Crippen molar-refractivity contribution in [3.05, 3.63) is 35.9 Å². The number of nitrogens with two attached hydrogens (primary N) is 1. The maximum Gasteiger partial charge on any atom is 0.250 e. The quantitative estimate of drug-likeness (QED) is 0.572. The van der Waals surface area contributed by atoms with Crippen LogP contribution in [0.3, 0.4) is 0 Å². The number of hydrogen-bond acceptors (Lipinski definition) is 5. The second-order valence-corrected chi connectivity index (χ2v) is 8.51. The SMILES string of the molecule is NOc1ccc(-c2nc(C(Cl)(Cl)Cl)nc(C(Cl)(Cl)Cl)n2)cc1. The smallest absolute Gasteiger partial charge is 0.250 e. The predicted molar refractivity (Wildman–Crippen MR) is 88.6 cm³/mol. The molecule has 0 aliphatic heterocycles. The molecule has 0 fully saturated rings. The van der Waals surface area contributed by atoms with E-state index in [4.69, 9.17) is 75.5 Å². The molecule has 1 aromatic heterocycles. The summed E-state index contributed by atoms with van der Waals surface area (Å²) < 4.78 is -3.80. The van der Waals surface area contributed by atoms with Gasteiger partial charge < -0.3 is 4.84 Å². The average Bonchev–Trinajstić information content (AvgIpc) is 2.45. The molecular formula is C11H6Cl6N4O. The Bertz CT molecular complexity index is 636. The molecule has 2 aromatic rings. The molecule has 0 radical (unpaired) electrons. The summed E-state index contributed by atoms with van der Waals surface area (Å²) in [6.07, 6.45) is 0. The van der Waals surface area contributed by atoms with Crippen LogP contribution in [-0.2, 0) is 7.59 Å². The van der Waals surface area contributed by atoms with E-state index in [0.717, 1.165) is 0 Å². The topological polar surface area (TPSA) is 73.9 Å². The Morgan fingerprint density at radius 3 is 1.59 bits per heavy atom. The van der Waals surface area contributed by atoms with E-state index in [0.29, 0.717) is 11.3 Å². The summed E-state index contributed by atoms with van der Waals surface area (Å²) in [5.41, 5.74) is 0.564. The van der Waals surface area contributed by atoms with E-state index in [-0.39, 0.29) is 17.5 Å². The van der Waals surface area contributed by atoms with Crippen molar-refractivity contribution in [1.82, 2.24) is 15.0 Å². The van der Waals surface area contributed by atoms with E-state index in [1.54, 1.807) is 24.3 Å². The maximum absolute atomic E-state index is 5.80. The predicted octanol–water partition coefficient (Wildman–Crippen LogP) is 4.44. The molecule has 22 heavy (non-hydrogen) atoms. The Morgan fingerprint density at radius 1 is 0.773 bits per heavy atom. The summed E-state index contributed by atoms with van der Waals surface area (Å²) in [5, 5.41) is 0. The number of rotatable bonds is 2. The van der Waals surface area contributed by atoms with Gasteiger partial charge in [0.05, 0.1) is 0 Å². The summed E-state index contributed by atoms with van der Waals surface area (Å²) in [6.45, 7) is 0. The van der Waals surface area contributed by atoms with Crippen LogP contribution >= 0.6 is 69.6 Å². The van der Waals surface area contributed by atoms with Crippen LogP contribution in [0, 0.1) is 0 Å². The second kappa shape index (κ2) is 6.69. The van der Waals surface area contributed by atoms with Crippen molar-refractivity contribution in [3.63, 3.8) is 0 Å². The average molecular weight is 423 g/mol. The van der Waals surface area contributed by atoms with Crippen LogP contribution in [0.4, 0.5) is 0 Å². The molecule has 1 aromatic carbocycles. The van der Waals surface area contributed by atoms with Crippen LogP contribution in [0.2, 0.25) is 0 Å². The van der Waals surface area contributed by atoms with Crippen LogP contribution in [-0.4, -0.2) is 15.0 Å². The number of nitrogens with zero attached hydrogens (tertiary/aromatic N) is 3. The zero-order chi connectivity index (χ0) is 16.5. The van der Waals surface area contributed by atoms with Gasteiger partial charge in [-0.2, -0.15) is 5.90 Å². The van der Waals surface area contributed by atoms with E-state index < -0.39 is 7.59 Å². The standard InChI is InChI=1S/C11H6Cl6N4O/c12-10(13,14)8-19-7(20-9(21-8)11(15,16)17)5-1-3-6(22-18)4-2-5/h1-4H,18H2. The summed E-state index contributed by atoms with van der Waals surface area (Å²) in [5.74, 6) is 5.34. The van der Waals surface area contributed by atoms with Crippen molar-refractivity contribution < 1.29 is 4.84 Å². The number of alkyl halides is 6. The van der Waals surface area contributed by atoms with Gasteiger partial charge in [-0.25, -0.2) is 15.0 Å². The van der Waals surface area contributed by atoms with Crippen LogP contribution in [0.5, 0.6) is 5.75 Å². The minimum absolute atomic E-state index is 0.164. The molecule has 0 saturated carbocycles. The van der Waals surface area contributed by atoms with Crippen LogP contribution < -0.4 is 10.7 Å². The van der Waals surface area contributed by atoms with Crippen LogP contribution in [0.25, 0.3) is 11.4 Å². The zero-order valence-electron chi connectivity index (χ0n) is 10.4. The first-order valence-corrected chi connectivity index (χ1v) is 7.75. The highest BCUT2D eigenvalue weighted by Gasteiger charge is 2.33. The van der Waals surface area contributed by atoms with E-state index in [9.17, 15) is 0 Å². The molecule has 1 heterocycles. The molecule has 0 saturated heterocycles. The van der Waals surface area contributed by atoms with Crippen molar-refractivity contribution in [2.45, 2.75) is 7.59 Å². The number of benzene rings is 1. The van der Waals surface area contributed by atoms with Gasteiger partial charge in [-0.15, -0.1) is 0 Å². The van der Waals surface area contributed by atoms with Gasteiger partial charge in [-0.05, 0) is 24.3 Å². The molecule has 0 aliphatic carbocycles. The number of hydrogen-bond donors (Lipinski definition) is 1. The van der Waals surface area contributed by atoms with E-state index >= 15 is 0 Å². The number of aromatic nitrogens is 3. The zero-order valence-corrected chi connectivity index (χ0v) is 14.9. The Morgan fingerprint density at radius 2 is 1.23 bits per heavy atom. The molecule has 2 N–H and O–H groups in total. The van der Waals surface area contributed by atoms with Gasteiger partial charge in [0, 0.05) is 5.56 Å². The molecule has 5 nitrogen and oxygen atoms in total. The summed E-state index contributed by atoms with van der Waals surface area (Å²) in [6, 6.07) is 6.48. The third kappa shape index (κ3) is 4.38. The first-order valence-electron chi connectivity index (χ1n) is 5.49. The normalized spacial score (nSPS) is 12.3. The van der Waals surface area contributed by atoms with Crippen molar-refractivity contribution >= 4 is 69.6 Å². The van der Waals surface area contributed by atoms with Gasteiger partial charge in [0.1, 0.15) is 5.75 Å². The van der Waals surface area contributed by atoms with Gasteiger partial charge in [0.2, 0.25) is 7.59 Å². The van der Waals surface area contributed by atoms with Crippen molar-refractivity contribution in [3.8, 4) is 17.1 Å². The minimum atomic E-state index is -1.90. The molecule has 0 bridgehead atoms. The van der Waals surface area contributed by atoms with E-state index in [1.807, 2.05) is 0 Å². The summed E-state index contributed by atoms with van der Waals surface area (Å²) in [7, 11) is 0. The van der Waals surface area contributed by atoms with Gasteiger partial charge in [0.15, 0.2) is 17.5 Å². The van der Waals surface area contributed by atoms with Gasteiger partial charge in [-0.1, -0.05) is 69.6 Å². The molecule has 118 valence electrons. The van der Waals surface area contributed by atoms with Crippen LogP contribution in [0.1, 0.15) is 11.6 Å². The van der Waals surface area contributed by atoms with E-state index in [1.165, 1.54) is 0 Å². The molecular weight excluding hydrogens is 417 g/mol. The summed E-state index contributed by atoms with van der Waals surface area (Å²) in [4.78, 5) is 16.6. The Labute approximate surface area is 155 Å². The highest BCUT2D eigenvalue weighted by atomic mass is 35.6. The molecule has 0 atom stereocenters. The third-order valence-corrected chi connectivity index (χ3v) is 3.41. The van der Waals surface area contributed by atoms with Crippen molar-refractivity contribution in [2.24, 2.45) is 5.90 Å². The van der Waals surface area contributed by atoms with Crippen molar-refractivity contribution in [2.75, 3.05) is 0 Å². The monoisotopic (exact) mass is 420 g/mol. The lowest BCUT2D eigenvalue weighted by molar-refractivity contribution is 0.334. The second-order valence-electron chi connectivity index (χ2n) is 3.94. The lowest BCUT2D eigenvalue weighted by atomic mass is 10.2. The van der Waals surface area contributed by atoms with Gasteiger partial charge >= 0.3 is 0 Å². The highest BCUT2D eigenvalue weighted by Crippen LogP contribution is 2.40. The first kappa shape index (κ1) is 18.1. The van der Waals surface area contributed by atoms with Crippen molar-refractivity contribution in [1.29, 1.82) is 0 Å². The van der Waals surface area contributed by atoms with Gasteiger partial charge in [0.25, 0.3) is 0 Å². The number of halogens is 6. The lowest BCUT2D eigenvalue weighted by Gasteiger charge is -2.15. The maximum atomic E-state index is 5.80. The largest absolute Gasteiger partial charge is 0.412 e. The summed E-state index contributed by atoms with van der Waals surface area (Å²) >= 11 is 34.8. The molecule has 0 aliphatic rings. The Hall–Kier alpha value is -0.270.